The Labute approximate surface area is 163 Å². The van der Waals surface area contributed by atoms with E-state index in [-0.39, 0.29) is 5.97 Å². The van der Waals surface area contributed by atoms with Crippen LogP contribution in [0.5, 0.6) is 0 Å². The Bertz CT molecular complexity index is 633. The van der Waals surface area contributed by atoms with Crippen LogP contribution in [0.2, 0.25) is 0 Å². The lowest BCUT2D eigenvalue weighted by atomic mass is 9.86. The smallest absolute Gasteiger partial charge is 0.347 e. The molecule has 4 nitrogen and oxygen atoms in total. The summed E-state index contributed by atoms with van der Waals surface area (Å²) in [6.45, 7) is 7.36. The fourth-order valence-electron chi connectivity index (χ4n) is 3.25. The molecule has 0 saturated heterocycles. The Morgan fingerprint density at radius 3 is 1.93 bits per heavy atom. The molecule has 2 rings (SSSR count). The molecule has 0 radical (unpaired) electrons. The number of esters is 1. The SMILES string of the molecule is CCCCN(CC)CCOC(=O)C(OC)(c1ccccc1)c1ccccc1. The van der Waals surface area contributed by atoms with Crippen molar-refractivity contribution in [3.8, 4) is 0 Å². The maximum Gasteiger partial charge on any atom is 0.347 e. The van der Waals surface area contributed by atoms with Gasteiger partial charge in [-0.1, -0.05) is 80.9 Å². The highest BCUT2D eigenvalue weighted by molar-refractivity contribution is 5.85. The molecule has 0 fully saturated rings. The van der Waals surface area contributed by atoms with E-state index >= 15 is 0 Å². The van der Waals surface area contributed by atoms with E-state index in [2.05, 4.69) is 18.7 Å². The van der Waals surface area contributed by atoms with E-state index in [0.29, 0.717) is 6.61 Å². The fourth-order valence-corrected chi connectivity index (χ4v) is 3.25. The first-order valence-electron chi connectivity index (χ1n) is 9.74. The Morgan fingerprint density at radius 1 is 0.926 bits per heavy atom. The van der Waals surface area contributed by atoms with Crippen molar-refractivity contribution >= 4 is 5.97 Å². The summed E-state index contributed by atoms with van der Waals surface area (Å²) in [7, 11) is 1.56. The monoisotopic (exact) mass is 369 g/mol. The molecule has 146 valence electrons. The van der Waals surface area contributed by atoms with Crippen LogP contribution in [0.25, 0.3) is 0 Å². The van der Waals surface area contributed by atoms with Crippen LogP contribution in [0.4, 0.5) is 0 Å². The minimum absolute atomic E-state index is 0.348. The molecule has 0 spiro atoms. The van der Waals surface area contributed by atoms with Gasteiger partial charge in [-0.05, 0) is 30.6 Å². The first-order valence-corrected chi connectivity index (χ1v) is 9.74. The number of likely N-dealkylation sites (N-methyl/N-ethyl adjacent to an activating group) is 1. The van der Waals surface area contributed by atoms with Crippen molar-refractivity contribution in [3.05, 3.63) is 71.8 Å². The molecule has 0 amide bonds. The summed E-state index contributed by atoms with van der Waals surface area (Å²) >= 11 is 0. The number of carbonyl (C=O) groups is 1. The van der Waals surface area contributed by atoms with E-state index in [1.165, 1.54) is 0 Å². The third kappa shape index (κ3) is 5.18. The highest BCUT2D eigenvalue weighted by atomic mass is 16.6. The highest BCUT2D eigenvalue weighted by Crippen LogP contribution is 2.34. The van der Waals surface area contributed by atoms with Gasteiger partial charge in [-0.2, -0.15) is 0 Å². The predicted octanol–water partition coefficient (Wildman–Crippen LogP) is 4.24. The standard InChI is InChI=1S/C23H31NO3/c1-4-6-17-24(5-2)18-19-27-22(25)23(26-3,20-13-9-7-10-14-20)21-15-11-8-12-16-21/h7-16H,4-6,17-19H2,1-3H3. The van der Waals surface area contributed by atoms with Crippen LogP contribution in [0, 0.1) is 0 Å². The Balaban J connectivity index is 2.20. The summed E-state index contributed by atoms with van der Waals surface area (Å²) in [6, 6.07) is 19.1. The van der Waals surface area contributed by atoms with Crippen molar-refractivity contribution in [2.75, 3.05) is 33.4 Å². The van der Waals surface area contributed by atoms with E-state index in [0.717, 1.165) is 43.6 Å². The van der Waals surface area contributed by atoms with Gasteiger partial charge in [0, 0.05) is 13.7 Å². The van der Waals surface area contributed by atoms with E-state index in [1.54, 1.807) is 7.11 Å². The van der Waals surface area contributed by atoms with Gasteiger partial charge in [-0.25, -0.2) is 4.79 Å². The molecule has 0 saturated carbocycles. The van der Waals surface area contributed by atoms with E-state index < -0.39 is 5.60 Å². The molecule has 0 unspecified atom stereocenters. The molecule has 2 aromatic rings. The van der Waals surface area contributed by atoms with Gasteiger partial charge >= 0.3 is 5.97 Å². The van der Waals surface area contributed by atoms with Crippen LogP contribution in [0.15, 0.2) is 60.7 Å². The Morgan fingerprint density at radius 2 is 1.48 bits per heavy atom. The van der Waals surface area contributed by atoms with Crippen molar-refractivity contribution in [1.29, 1.82) is 0 Å². The number of hydrogen-bond donors (Lipinski definition) is 0. The summed E-state index contributed by atoms with van der Waals surface area (Å²) in [6.07, 6.45) is 2.31. The molecule has 0 heterocycles. The minimum atomic E-state index is -1.26. The van der Waals surface area contributed by atoms with Crippen molar-refractivity contribution < 1.29 is 14.3 Å². The fraction of sp³-hybridized carbons (Fsp3) is 0.435. The molecule has 0 bridgehead atoms. The molecule has 27 heavy (non-hydrogen) atoms. The molecule has 0 aromatic heterocycles. The van der Waals surface area contributed by atoms with Crippen LogP contribution < -0.4 is 0 Å². The van der Waals surface area contributed by atoms with Crippen molar-refractivity contribution in [2.24, 2.45) is 0 Å². The van der Waals surface area contributed by atoms with Gasteiger partial charge in [-0.15, -0.1) is 0 Å². The zero-order valence-corrected chi connectivity index (χ0v) is 16.7. The molecule has 0 N–H and O–H groups in total. The molecule has 2 aromatic carbocycles. The summed E-state index contributed by atoms with van der Waals surface area (Å²) in [5, 5.41) is 0. The lowest BCUT2D eigenvalue weighted by molar-refractivity contribution is -0.165. The number of unbranched alkanes of at least 4 members (excludes halogenated alkanes) is 1. The zero-order chi connectivity index (χ0) is 19.5. The Kier molecular flexibility index (Phi) is 8.49. The summed E-state index contributed by atoms with van der Waals surface area (Å²) in [5.41, 5.74) is 0.271. The highest BCUT2D eigenvalue weighted by Gasteiger charge is 2.44. The number of hydrogen-bond acceptors (Lipinski definition) is 4. The van der Waals surface area contributed by atoms with Crippen LogP contribution in [-0.2, 0) is 19.9 Å². The van der Waals surface area contributed by atoms with Gasteiger partial charge in [0.1, 0.15) is 6.61 Å². The second-order valence-electron chi connectivity index (χ2n) is 6.54. The van der Waals surface area contributed by atoms with Crippen LogP contribution in [-0.4, -0.2) is 44.2 Å². The number of benzene rings is 2. The average Bonchev–Trinajstić information content (AvgIpc) is 2.73. The second-order valence-corrected chi connectivity index (χ2v) is 6.54. The molecule has 4 heteroatoms. The maximum atomic E-state index is 13.2. The molecule has 0 aliphatic rings. The van der Waals surface area contributed by atoms with Crippen LogP contribution >= 0.6 is 0 Å². The molecule has 0 aliphatic carbocycles. The summed E-state index contributed by atoms with van der Waals surface area (Å²) < 4.78 is 11.5. The number of ether oxygens (including phenoxy) is 2. The van der Waals surface area contributed by atoms with Crippen LogP contribution in [0.1, 0.15) is 37.8 Å². The van der Waals surface area contributed by atoms with E-state index in [4.69, 9.17) is 9.47 Å². The van der Waals surface area contributed by atoms with Gasteiger partial charge in [0.15, 0.2) is 0 Å². The molecule has 0 atom stereocenters. The molecular weight excluding hydrogens is 338 g/mol. The number of carbonyl (C=O) groups excluding carboxylic acids is 1. The van der Waals surface area contributed by atoms with Gasteiger partial charge < -0.3 is 14.4 Å². The number of methoxy groups -OCH3 is 1. The topological polar surface area (TPSA) is 38.8 Å². The van der Waals surface area contributed by atoms with Crippen LogP contribution in [0.3, 0.4) is 0 Å². The Hall–Kier alpha value is -2.17. The van der Waals surface area contributed by atoms with Gasteiger partial charge in [0.2, 0.25) is 5.60 Å². The number of nitrogens with zero attached hydrogens (tertiary/aromatic N) is 1. The van der Waals surface area contributed by atoms with Gasteiger partial charge in [0.05, 0.1) is 0 Å². The second kappa shape index (κ2) is 10.9. The predicted molar refractivity (Wildman–Crippen MR) is 109 cm³/mol. The first-order chi connectivity index (χ1) is 13.2. The van der Waals surface area contributed by atoms with Crippen molar-refractivity contribution in [1.82, 2.24) is 4.90 Å². The van der Waals surface area contributed by atoms with E-state index in [1.807, 2.05) is 60.7 Å². The lowest BCUT2D eigenvalue weighted by Gasteiger charge is -2.31. The van der Waals surface area contributed by atoms with E-state index in [9.17, 15) is 4.79 Å². The third-order valence-electron chi connectivity index (χ3n) is 4.87. The minimum Gasteiger partial charge on any atom is -0.462 e. The number of rotatable bonds is 11. The summed E-state index contributed by atoms with van der Waals surface area (Å²) in [5.74, 6) is -0.381. The van der Waals surface area contributed by atoms with Gasteiger partial charge in [0.25, 0.3) is 0 Å². The average molecular weight is 370 g/mol. The quantitative estimate of drug-likeness (QED) is 0.555. The normalized spacial score (nSPS) is 11.6. The maximum absolute atomic E-state index is 13.2. The largest absolute Gasteiger partial charge is 0.462 e. The molecule has 0 aliphatic heterocycles. The van der Waals surface area contributed by atoms with Gasteiger partial charge in [-0.3, -0.25) is 0 Å². The third-order valence-corrected chi connectivity index (χ3v) is 4.87. The lowest BCUT2D eigenvalue weighted by Crippen LogP contribution is -2.41. The first kappa shape index (κ1) is 21.1. The zero-order valence-electron chi connectivity index (χ0n) is 16.7. The molecular formula is C23H31NO3. The van der Waals surface area contributed by atoms with Crippen molar-refractivity contribution in [2.45, 2.75) is 32.3 Å². The summed E-state index contributed by atoms with van der Waals surface area (Å²) in [4.78, 5) is 15.5. The van der Waals surface area contributed by atoms with Crippen molar-refractivity contribution in [3.63, 3.8) is 0 Å².